The quantitative estimate of drug-likeness (QED) is 0.827. The van der Waals surface area contributed by atoms with Crippen molar-refractivity contribution in [3.05, 3.63) is 21.7 Å². The van der Waals surface area contributed by atoms with Crippen LogP contribution < -0.4 is 15.2 Å². The van der Waals surface area contributed by atoms with Gasteiger partial charge in [0.15, 0.2) is 17.3 Å². The Morgan fingerprint density at radius 1 is 1.38 bits per heavy atom. The van der Waals surface area contributed by atoms with Crippen LogP contribution in [0.5, 0.6) is 11.5 Å². The van der Waals surface area contributed by atoms with Crippen LogP contribution in [0.1, 0.15) is 10.4 Å². The second kappa shape index (κ2) is 4.49. The molecule has 0 fully saturated rings. The average Bonchev–Trinajstić information content (AvgIpc) is 2.30. The normalized spacial score (nSPS) is 13.7. The van der Waals surface area contributed by atoms with Crippen LogP contribution in [0.15, 0.2) is 6.07 Å². The molecule has 2 N–H and O–H groups in total. The number of nitrogens with two attached hydrogens (primary N) is 1. The van der Waals surface area contributed by atoms with Crippen LogP contribution in [0.25, 0.3) is 0 Å². The number of hydrogen-bond acceptors (Lipinski definition) is 4. The molecule has 0 saturated heterocycles. The molecule has 1 aliphatic rings. The summed E-state index contributed by atoms with van der Waals surface area (Å²) < 4.78 is 10.7. The molecule has 0 amide bonds. The minimum atomic E-state index is -0.325. The van der Waals surface area contributed by atoms with Crippen molar-refractivity contribution < 1.29 is 14.3 Å². The second-order valence-corrected chi connectivity index (χ2v) is 3.98. The summed E-state index contributed by atoms with van der Waals surface area (Å²) in [6.07, 6.45) is 0. The number of ether oxygens (including phenoxy) is 2. The third kappa shape index (κ3) is 1.84. The third-order valence-corrected chi connectivity index (χ3v) is 2.98. The van der Waals surface area contributed by atoms with Gasteiger partial charge < -0.3 is 15.2 Å². The number of hydrogen-bond donors (Lipinski definition) is 1. The number of fused-ring (bicyclic) bond motifs is 1. The van der Waals surface area contributed by atoms with Crippen molar-refractivity contribution in [1.82, 2.24) is 0 Å². The molecule has 1 heterocycles. The highest BCUT2D eigenvalue weighted by atomic mass is 35.5. The van der Waals surface area contributed by atoms with E-state index in [-0.39, 0.29) is 27.9 Å². The molecule has 0 spiro atoms. The van der Waals surface area contributed by atoms with Crippen LogP contribution in [0.2, 0.25) is 10.0 Å². The molecule has 0 bridgehead atoms. The maximum absolute atomic E-state index is 11.7. The molecule has 1 aromatic carbocycles. The monoisotopic (exact) mass is 261 g/mol. The molecule has 86 valence electrons. The molecular weight excluding hydrogens is 253 g/mol. The SMILES string of the molecule is NCC(=O)c1c(Cl)c(Cl)cc2c1OCCO2. The predicted octanol–water partition coefficient (Wildman–Crippen LogP) is 1.91. The number of halogens is 2. The molecule has 1 aromatic rings. The van der Waals surface area contributed by atoms with E-state index in [0.717, 1.165) is 0 Å². The van der Waals surface area contributed by atoms with Crippen molar-refractivity contribution in [2.45, 2.75) is 0 Å². The van der Waals surface area contributed by atoms with Crippen LogP contribution >= 0.6 is 23.2 Å². The molecule has 0 atom stereocenters. The maximum atomic E-state index is 11.7. The van der Waals surface area contributed by atoms with Gasteiger partial charge in [-0.15, -0.1) is 0 Å². The standard InChI is InChI=1S/C10H9Cl2NO3/c11-5-3-7-10(16-2-1-15-7)8(9(5)12)6(14)4-13/h3H,1-2,4,13H2. The minimum absolute atomic E-state index is 0.154. The van der Waals surface area contributed by atoms with E-state index in [9.17, 15) is 4.79 Å². The van der Waals surface area contributed by atoms with Crippen LogP contribution in [-0.4, -0.2) is 25.5 Å². The molecular formula is C10H9Cl2NO3. The van der Waals surface area contributed by atoms with E-state index in [1.54, 1.807) is 0 Å². The van der Waals surface area contributed by atoms with Gasteiger partial charge in [-0.05, 0) is 0 Å². The molecule has 0 aliphatic carbocycles. The molecule has 0 aromatic heterocycles. The zero-order valence-electron chi connectivity index (χ0n) is 8.26. The lowest BCUT2D eigenvalue weighted by Crippen LogP contribution is -2.21. The Hall–Kier alpha value is -0.970. The topological polar surface area (TPSA) is 61.6 Å². The molecule has 0 saturated carbocycles. The zero-order chi connectivity index (χ0) is 11.7. The number of Topliss-reactive ketones (excluding diaryl/α,β-unsaturated/α-hetero) is 1. The van der Waals surface area contributed by atoms with Crippen molar-refractivity contribution in [1.29, 1.82) is 0 Å². The lowest BCUT2D eigenvalue weighted by molar-refractivity contribution is 0.0990. The first kappa shape index (κ1) is 11.5. The fraction of sp³-hybridized carbons (Fsp3) is 0.300. The van der Waals surface area contributed by atoms with Crippen LogP contribution in [0.3, 0.4) is 0 Å². The number of carbonyl (C=O) groups excluding carboxylic acids is 1. The smallest absolute Gasteiger partial charge is 0.181 e. The van der Waals surface area contributed by atoms with Gasteiger partial charge in [0.1, 0.15) is 13.2 Å². The number of benzene rings is 1. The van der Waals surface area contributed by atoms with E-state index in [2.05, 4.69) is 0 Å². The van der Waals surface area contributed by atoms with Crippen molar-refractivity contribution in [2.24, 2.45) is 5.73 Å². The molecule has 16 heavy (non-hydrogen) atoms. The van der Waals surface area contributed by atoms with Gasteiger partial charge in [-0.3, -0.25) is 4.79 Å². The largest absolute Gasteiger partial charge is 0.486 e. The highest BCUT2D eigenvalue weighted by Gasteiger charge is 2.25. The van der Waals surface area contributed by atoms with Crippen molar-refractivity contribution >= 4 is 29.0 Å². The van der Waals surface area contributed by atoms with Gasteiger partial charge in [0.25, 0.3) is 0 Å². The Balaban J connectivity index is 2.63. The highest BCUT2D eigenvalue weighted by Crippen LogP contribution is 2.42. The van der Waals surface area contributed by atoms with E-state index >= 15 is 0 Å². The molecule has 1 aliphatic heterocycles. The van der Waals surface area contributed by atoms with Crippen LogP contribution in [0, 0.1) is 0 Å². The highest BCUT2D eigenvalue weighted by molar-refractivity contribution is 6.44. The molecule has 6 heteroatoms. The van der Waals surface area contributed by atoms with Gasteiger partial charge in [0.05, 0.1) is 22.2 Å². The fourth-order valence-corrected chi connectivity index (χ4v) is 1.92. The minimum Gasteiger partial charge on any atom is -0.486 e. The van der Waals surface area contributed by atoms with Crippen LogP contribution in [0.4, 0.5) is 0 Å². The van der Waals surface area contributed by atoms with Gasteiger partial charge in [0.2, 0.25) is 0 Å². The summed E-state index contributed by atoms with van der Waals surface area (Å²) in [5.41, 5.74) is 5.51. The first-order chi connectivity index (χ1) is 7.65. The molecule has 0 radical (unpaired) electrons. The maximum Gasteiger partial charge on any atom is 0.181 e. The third-order valence-electron chi connectivity index (χ3n) is 2.19. The van der Waals surface area contributed by atoms with Crippen molar-refractivity contribution in [3.8, 4) is 11.5 Å². The number of carbonyl (C=O) groups is 1. The summed E-state index contributed by atoms with van der Waals surface area (Å²) in [6.45, 7) is 0.632. The zero-order valence-corrected chi connectivity index (χ0v) is 9.77. The lowest BCUT2D eigenvalue weighted by Gasteiger charge is -2.21. The summed E-state index contributed by atoms with van der Waals surface area (Å²) in [6, 6.07) is 1.53. The molecule has 0 unspecified atom stereocenters. The van der Waals surface area contributed by atoms with E-state index in [4.69, 9.17) is 38.4 Å². The van der Waals surface area contributed by atoms with Gasteiger partial charge in [0, 0.05) is 6.07 Å². The van der Waals surface area contributed by atoms with Crippen LogP contribution in [-0.2, 0) is 0 Å². The van der Waals surface area contributed by atoms with Gasteiger partial charge in [-0.25, -0.2) is 0 Å². The molecule has 2 rings (SSSR count). The number of ketones is 1. The average molecular weight is 262 g/mol. The first-order valence-corrected chi connectivity index (χ1v) is 5.41. The van der Waals surface area contributed by atoms with E-state index in [1.165, 1.54) is 6.07 Å². The van der Waals surface area contributed by atoms with E-state index in [0.29, 0.717) is 24.7 Å². The summed E-state index contributed by atoms with van der Waals surface area (Å²) in [5, 5.41) is 0.407. The summed E-state index contributed by atoms with van der Waals surface area (Å²) in [5.74, 6) is 0.433. The second-order valence-electron chi connectivity index (χ2n) is 3.20. The van der Waals surface area contributed by atoms with Gasteiger partial charge in [-0.1, -0.05) is 23.2 Å². The van der Waals surface area contributed by atoms with Gasteiger partial charge in [-0.2, -0.15) is 0 Å². The Bertz CT molecular complexity index is 448. The van der Waals surface area contributed by atoms with E-state index in [1.807, 2.05) is 0 Å². The Labute approximate surface area is 102 Å². The lowest BCUT2D eigenvalue weighted by atomic mass is 10.1. The first-order valence-electron chi connectivity index (χ1n) is 4.66. The molecule has 4 nitrogen and oxygen atoms in total. The van der Waals surface area contributed by atoms with Gasteiger partial charge >= 0.3 is 0 Å². The Morgan fingerprint density at radius 3 is 2.75 bits per heavy atom. The summed E-state index contributed by atoms with van der Waals surface area (Å²) >= 11 is 11.9. The fourth-order valence-electron chi connectivity index (χ4n) is 1.48. The predicted molar refractivity (Wildman–Crippen MR) is 60.8 cm³/mol. The Kier molecular flexibility index (Phi) is 3.23. The summed E-state index contributed by atoms with van der Waals surface area (Å²) in [4.78, 5) is 11.7. The summed E-state index contributed by atoms with van der Waals surface area (Å²) in [7, 11) is 0. The van der Waals surface area contributed by atoms with Crippen molar-refractivity contribution in [2.75, 3.05) is 19.8 Å². The van der Waals surface area contributed by atoms with E-state index < -0.39 is 0 Å². The number of rotatable bonds is 2. The Morgan fingerprint density at radius 2 is 2.06 bits per heavy atom. The van der Waals surface area contributed by atoms with Crippen molar-refractivity contribution in [3.63, 3.8) is 0 Å².